The molecule has 1 aliphatic rings. The van der Waals surface area contributed by atoms with Crippen LogP contribution in [0.4, 0.5) is 11.4 Å². The summed E-state index contributed by atoms with van der Waals surface area (Å²) in [5.41, 5.74) is 4.74. The van der Waals surface area contributed by atoms with E-state index in [1.54, 1.807) is 4.90 Å². The van der Waals surface area contributed by atoms with Gasteiger partial charge in [0.25, 0.3) is 5.91 Å². The summed E-state index contributed by atoms with van der Waals surface area (Å²) >= 11 is 0. The van der Waals surface area contributed by atoms with Crippen molar-refractivity contribution in [3.8, 4) is 0 Å². The molecule has 1 N–H and O–H groups in total. The van der Waals surface area contributed by atoms with E-state index in [2.05, 4.69) is 18.7 Å². The number of hydrogen-bond donors (Lipinski definition) is 1. The monoisotopic (exact) mass is 468 g/mol. The molecule has 1 aliphatic heterocycles. The maximum atomic E-state index is 13.5. The molecule has 0 radical (unpaired) electrons. The Hall–Kier alpha value is -3.86. The maximum Gasteiger partial charge on any atom is 0.294 e. The van der Waals surface area contributed by atoms with Crippen LogP contribution >= 0.6 is 0 Å². The standard InChI is InChI=1S/C30H32N2O3/c1-4-31(5-2)24-17-15-23(16-18-24)28-27(26(33)19-14-22-11-7-6-8-12-22)29(34)30(35)32(28)25-13-9-10-21(3)20-25/h6-13,15-18,20,28,34H,4-5,14,19H2,1-3H3. The van der Waals surface area contributed by atoms with Gasteiger partial charge >= 0.3 is 0 Å². The number of aryl methyl sites for hydroxylation is 2. The molecule has 5 heteroatoms. The van der Waals surface area contributed by atoms with E-state index in [0.29, 0.717) is 12.1 Å². The molecule has 0 aromatic heterocycles. The number of aliphatic hydroxyl groups excluding tert-OH is 1. The van der Waals surface area contributed by atoms with Crippen LogP contribution in [0.25, 0.3) is 0 Å². The topological polar surface area (TPSA) is 60.9 Å². The van der Waals surface area contributed by atoms with Crippen molar-refractivity contribution in [3.05, 3.63) is 107 Å². The molecular formula is C30H32N2O3. The molecule has 3 aromatic rings. The van der Waals surface area contributed by atoms with Crippen molar-refractivity contribution in [3.63, 3.8) is 0 Å². The first-order valence-corrected chi connectivity index (χ1v) is 12.2. The van der Waals surface area contributed by atoms with E-state index in [-0.39, 0.29) is 17.8 Å². The fourth-order valence-electron chi connectivity index (χ4n) is 4.74. The lowest BCUT2D eigenvalue weighted by Crippen LogP contribution is -2.31. The molecule has 0 saturated carbocycles. The highest BCUT2D eigenvalue weighted by Gasteiger charge is 2.44. The van der Waals surface area contributed by atoms with Gasteiger partial charge in [0, 0.05) is 30.9 Å². The molecule has 0 aliphatic carbocycles. The molecule has 4 rings (SSSR count). The second kappa shape index (κ2) is 10.6. The molecule has 35 heavy (non-hydrogen) atoms. The fraction of sp³-hybridized carbons (Fsp3) is 0.267. The van der Waals surface area contributed by atoms with Crippen molar-refractivity contribution in [2.75, 3.05) is 22.9 Å². The molecule has 0 fully saturated rings. The summed E-state index contributed by atoms with van der Waals surface area (Å²) in [6.07, 6.45) is 0.759. The van der Waals surface area contributed by atoms with Gasteiger partial charge in [0.1, 0.15) is 0 Å². The Bertz CT molecular complexity index is 1230. The lowest BCUT2D eigenvalue weighted by atomic mass is 9.92. The van der Waals surface area contributed by atoms with Crippen LogP contribution in [-0.4, -0.2) is 29.9 Å². The van der Waals surface area contributed by atoms with Crippen molar-refractivity contribution >= 4 is 23.1 Å². The number of amides is 1. The van der Waals surface area contributed by atoms with E-state index in [4.69, 9.17) is 0 Å². The highest BCUT2D eigenvalue weighted by atomic mass is 16.3. The highest BCUT2D eigenvalue weighted by Crippen LogP contribution is 2.42. The van der Waals surface area contributed by atoms with Gasteiger partial charge in [-0.1, -0.05) is 54.6 Å². The van der Waals surface area contributed by atoms with E-state index in [1.807, 2.05) is 85.8 Å². The van der Waals surface area contributed by atoms with Crippen molar-refractivity contribution in [2.24, 2.45) is 0 Å². The molecule has 1 atom stereocenters. The zero-order valence-corrected chi connectivity index (χ0v) is 20.6. The summed E-state index contributed by atoms with van der Waals surface area (Å²) in [6, 6.07) is 24.6. The molecule has 0 spiro atoms. The molecular weight excluding hydrogens is 436 g/mol. The number of nitrogens with zero attached hydrogens (tertiary/aromatic N) is 2. The Kier molecular flexibility index (Phi) is 7.35. The number of benzene rings is 3. The summed E-state index contributed by atoms with van der Waals surface area (Å²) in [5.74, 6) is -1.22. The molecule has 1 amide bonds. The summed E-state index contributed by atoms with van der Waals surface area (Å²) in [6.45, 7) is 7.94. The maximum absolute atomic E-state index is 13.5. The third kappa shape index (κ3) is 4.99. The number of hydrogen-bond acceptors (Lipinski definition) is 4. The predicted molar refractivity (Wildman–Crippen MR) is 141 cm³/mol. The molecule has 0 bridgehead atoms. The van der Waals surface area contributed by atoms with Crippen molar-refractivity contribution in [2.45, 2.75) is 39.7 Å². The first-order chi connectivity index (χ1) is 16.9. The van der Waals surface area contributed by atoms with Gasteiger partial charge in [0.2, 0.25) is 0 Å². The van der Waals surface area contributed by atoms with Crippen molar-refractivity contribution < 1.29 is 14.7 Å². The third-order valence-corrected chi connectivity index (χ3v) is 6.61. The van der Waals surface area contributed by atoms with E-state index >= 15 is 0 Å². The average Bonchev–Trinajstić information content (AvgIpc) is 3.15. The van der Waals surface area contributed by atoms with Gasteiger partial charge in [-0.05, 0) is 68.1 Å². The van der Waals surface area contributed by atoms with Gasteiger partial charge in [0.15, 0.2) is 11.5 Å². The number of carbonyl (C=O) groups is 2. The van der Waals surface area contributed by atoms with Gasteiger partial charge in [-0.3, -0.25) is 14.5 Å². The third-order valence-electron chi connectivity index (χ3n) is 6.61. The largest absolute Gasteiger partial charge is 0.503 e. The van der Waals surface area contributed by atoms with Gasteiger partial charge in [-0.25, -0.2) is 0 Å². The molecule has 0 saturated heterocycles. The number of aliphatic hydroxyl groups is 1. The fourth-order valence-corrected chi connectivity index (χ4v) is 4.74. The second-order valence-corrected chi connectivity index (χ2v) is 8.85. The van der Waals surface area contributed by atoms with Crippen LogP contribution < -0.4 is 9.80 Å². The van der Waals surface area contributed by atoms with Crippen LogP contribution in [-0.2, 0) is 16.0 Å². The van der Waals surface area contributed by atoms with Crippen LogP contribution in [0.2, 0.25) is 0 Å². The van der Waals surface area contributed by atoms with Gasteiger partial charge in [0.05, 0.1) is 11.6 Å². The Balaban J connectivity index is 1.73. The summed E-state index contributed by atoms with van der Waals surface area (Å²) in [7, 11) is 0. The van der Waals surface area contributed by atoms with Gasteiger partial charge < -0.3 is 10.0 Å². The first-order valence-electron chi connectivity index (χ1n) is 12.2. The Labute approximate surface area is 207 Å². The minimum absolute atomic E-state index is 0.169. The van der Waals surface area contributed by atoms with Crippen LogP contribution in [0.15, 0.2) is 90.2 Å². The zero-order valence-electron chi connectivity index (χ0n) is 20.6. The molecule has 1 unspecified atom stereocenters. The minimum Gasteiger partial charge on any atom is -0.503 e. The van der Waals surface area contributed by atoms with Gasteiger partial charge in [-0.2, -0.15) is 0 Å². The van der Waals surface area contributed by atoms with E-state index in [9.17, 15) is 14.7 Å². The van der Waals surface area contributed by atoms with E-state index < -0.39 is 17.7 Å². The van der Waals surface area contributed by atoms with E-state index in [0.717, 1.165) is 35.5 Å². The SMILES string of the molecule is CCN(CC)c1ccc(C2C(C(=O)CCc3ccccc3)=C(O)C(=O)N2c2cccc(C)c2)cc1. The first kappa shape index (κ1) is 24.3. The molecule has 3 aromatic carbocycles. The van der Waals surface area contributed by atoms with E-state index in [1.165, 1.54) is 0 Å². The Morgan fingerprint density at radius 2 is 1.63 bits per heavy atom. The quantitative estimate of drug-likeness (QED) is 0.422. The smallest absolute Gasteiger partial charge is 0.294 e. The predicted octanol–water partition coefficient (Wildman–Crippen LogP) is 5.94. The number of anilines is 2. The van der Waals surface area contributed by atoms with Crippen molar-refractivity contribution in [1.82, 2.24) is 0 Å². The number of carbonyl (C=O) groups excluding carboxylic acids is 2. The summed E-state index contributed by atoms with van der Waals surface area (Å²) < 4.78 is 0. The van der Waals surface area contributed by atoms with Crippen LogP contribution in [0.5, 0.6) is 0 Å². The highest BCUT2D eigenvalue weighted by molar-refractivity contribution is 6.16. The Morgan fingerprint density at radius 1 is 0.943 bits per heavy atom. The number of ketones is 1. The summed E-state index contributed by atoms with van der Waals surface area (Å²) in [4.78, 5) is 30.6. The molecule has 5 nitrogen and oxygen atoms in total. The van der Waals surface area contributed by atoms with Crippen LogP contribution in [0, 0.1) is 6.92 Å². The number of Topliss-reactive ketones (excluding diaryl/α,β-unsaturated/α-hetero) is 1. The average molecular weight is 469 g/mol. The van der Waals surface area contributed by atoms with Crippen molar-refractivity contribution in [1.29, 1.82) is 0 Å². The zero-order chi connectivity index (χ0) is 24.9. The number of rotatable bonds is 9. The Morgan fingerprint density at radius 3 is 2.26 bits per heavy atom. The van der Waals surface area contributed by atoms with Crippen LogP contribution in [0.1, 0.15) is 43.0 Å². The van der Waals surface area contributed by atoms with Crippen LogP contribution in [0.3, 0.4) is 0 Å². The molecule has 1 heterocycles. The molecule has 180 valence electrons. The van der Waals surface area contributed by atoms with Gasteiger partial charge in [-0.15, -0.1) is 0 Å². The summed E-state index contributed by atoms with van der Waals surface area (Å²) in [5, 5.41) is 10.9. The lowest BCUT2D eigenvalue weighted by molar-refractivity contribution is -0.118. The second-order valence-electron chi connectivity index (χ2n) is 8.85. The normalized spacial score (nSPS) is 15.6. The minimum atomic E-state index is -0.682. The lowest BCUT2D eigenvalue weighted by Gasteiger charge is -2.28.